The quantitative estimate of drug-likeness (QED) is 0.514. The number of aromatic nitrogens is 1. The Labute approximate surface area is 194 Å². The number of sulfonamides is 1. The Bertz CT molecular complexity index is 1120. The van der Waals surface area contributed by atoms with Gasteiger partial charge in [0.1, 0.15) is 5.82 Å². The molecule has 2 aliphatic heterocycles. The Balaban J connectivity index is 1.27. The van der Waals surface area contributed by atoms with Crippen molar-refractivity contribution in [2.45, 2.75) is 32.0 Å². The maximum absolute atomic E-state index is 12.8. The van der Waals surface area contributed by atoms with Gasteiger partial charge in [-0.2, -0.15) is 4.31 Å². The molecule has 0 saturated carbocycles. The van der Waals surface area contributed by atoms with E-state index >= 15 is 0 Å². The summed E-state index contributed by atoms with van der Waals surface area (Å²) in [7, 11) is -3.18. The molecular formula is C23H31N5O4S. The van der Waals surface area contributed by atoms with Crippen LogP contribution in [0.4, 0.5) is 5.82 Å². The lowest BCUT2D eigenvalue weighted by Gasteiger charge is -2.37. The minimum absolute atomic E-state index is 0.0395. The number of carbonyl (C=O) groups is 1. The van der Waals surface area contributed by atoms with Crippen molar-refractivity contribution < 1.29 is 18.3 Å². The zero-order valence-corrected chi connectivity index (χ0v) is 19.8. The summed E-state index contributed by atoms with van der Waals surface area (Å²) < 4.78 is 24.4. The van der Waals surface area contributed by atoms with Gasteiger partial charge in [-0.05, 0) is 36.1 Å². The molecule has 0 radical (unpaired) electrons. The van der Waals surface area contributed by atoms with Crippen molar-refractivity contribution in [2.75, 3.05) is 44.3 Å². The van der Waals surface area contributed by atoms with Gasteiger partial charge in [-0.25, -0.2) is 13.4 Å². The van der Waals surface area contributed by atoms with Crippen molar-refractivity contribution in [1.82, 2.24) is 19.5 Å². The van der Waals surface area contributed by atoms with Crippen LogP contribution in [0.15, 0.2) is 36.5 Å². The van der Waals surface area contributed by atoms with E-state index in [-0.39, 0.29) is 18.5 Å². The van der Waals surface area contributed by atoms with E-state index in [9.17, 15) is 18.3 Å². The van der Waals surface area contributed by atoms with Crippen LogP contribution in [0.2, 0.25) is 0 Å². The smallest absolute Gasteiger partial charge is 0.251 e. The Morgan fingerprint density at radius 1 is 1.27 bits per heavy atom. The number of hydrogen-bond acceptors (Lipinski definition) is 7. The molecule has 1 atom stereocenters. The molecule has 0 aliphatic carbocycles. The number of amides is 1. The fraction of sp³-hybridized carbons (Fsp3) is 0.478. The number of aliphatic hydroxyl groups is 1. The van der Waals surface area contributed by atoms with Gasteiger partial charge in [-0.15, -0.1) is 0 Å². The first kappa shape index (κ1) is 23.6. The molecule has 178 valence electrons. The normalized spacial score (nSPS) is 18.3. The van der Waals surface area contributed by atoms with E-state index in [2.05, 4.69) is 38.7 Å². The number of pyridine rings is 1. The second kappa shape index (κ2) is 9.76. The fourth-order valence-electron chi connectivity index (χ4n) is 4.23. The number of carbonyl (C=O) groups excluding carboxylic acids is 1. The molecule has 33 heavy (non-hydrogen) atoms. The van der Waals surface area contributed by atoms with Crippen molar-refractivity contribution in [3.63, 3.8) is 0 Å². The van der Waals surface area contributed by atoms with Gasteiger partial charge in [0.2, 0.25) is 10.0 Å². The van der Waals surface area contributed by atoms with Gasteiger partial charge in [-0.3, -0.25) is 9.69 Å². The third-order valence-corrected chi connectivity index (χ3v) is 7.43. The van der Waals surface area contributed by atoms with Crippen LogP contribution in [0.1, 0.15) is 27.0 Å². The van der Waals surface area contributed by atoms with Crippen LogP contribution in [0.3, 0.4) is 0 Å². The SMILES string of the molecule is Cc1cnc(NC2CN(S(C)(=O)=O)C2)cc1C(=O)NCC(O)CN1CCc2ccccc2C1. The van der Waals surface area contributed by atoms with E-state index in [0.29, 0.717) is 31.0 Å². The number of rotatable bonds is 8. The summed E-state index contributed by atoms with van der Waals surface area (Å²) in [4.78, 5) is 19.3. The zero-order chi connectivity index (χ0) is 23.6. The second-order valence-electron chi connectivity index (χ2n) is 8.92. The zero-order valence-electron chi connectivity index (χ0n) is 19.0. The van der Waals surface area contributed by atoms with E-state index in [1.807, 2.05) is 13.0 Å². The third-order valence-electron chi connectivity index (χ3n) is 6.19. The molecule has 1 fully saturated rings. The standard InChI is InChI=1S/C23H31N5O4S/c1-16-10-24-22(26-19-13-28(14-19)33(2,31)32)9-21(16)23(30)25-11-20(29)15-27-8-7-17-5-3-4-6-18(17)12-27/h3-6,9-10,19-20,29H,7-8,11-15H2,1-2H3,(H,24,26)(H,25,30). The van der Waals surface area contributed by atoms with E-state index in [0.717, 1.165) is 25.1 Å². The number of β-amino-alcohol motifs (C(OH)–C–C–N with tert-alkyl or cyclic N) is 1. The van der Waals surface area contributed by atoms with Crippen molar-refractivity contribution >= 4 is 21.7 Å². The summed E-state index contributed by atoms with van der Waals surface area (Å²) >= 11 is 0. The molecule has 1 amide bonds. The number of nitrogens with one attached hydrogen (secondary N) is 2. The highest BCUT2D eigenvalue weighted by atomic mass is 32.2. The van der Waals surface area contributed by atoms with Gasteiger partial charge in [0, 0.05) is 51.0 Å². The molecule has 1 aromatic heterocycles. The monoisotopic (exact) mass is 473 g/mol. The van der Waals surface area contributed by atoms with Crippen molar-refractivity contribution in [1.29, 1.82) is 0 Å². The fourth-order valence-corrected chi connectivity index (χ4v) is 5.14. The van der Waals surface area contributed by atoms with E-state index in [1.54, 1.807) is 12.3 Å². The summed E-state index contributed by atoms with van der Waals surface area (Å²) in [5.74, 6) is 0.254. The Morgan fingerprint density at radius 3 is 2.73 bits per heavy atom. The summed E-state index contributed by atoms with van der Waals surface area (Å²) in [6.07, 6.45) is 3.10. The molecular weight excluding hydrogens is 442 g/mol. The van der Waals surface area contributed by atoms with Crippen LogP contribution in [0, 0.1) is 6.92 Å². The van der Waals surface area contributed by atoms with Crippen LogP contribution in [-0.2, 0) is 23.0 Å². The van der Waals surface area contributed by atoms with Crippen LogP contribution < -0.4 is 10.6 Å². The molecule has 3 N–H and O–H groups in total. The van der Waals surface area contributed by atoms with Gasteiger partial charge in [0.25, 0.3) is 5.91 Å². The van der Waals surface area contributed by atoms with Gasteiger partial charge < -0.3 is 15.7 Å². The van der Waals surface area contributed by atoms with E-state index in [1.165, 1.54) is 21.7 Å². The Hall–Kier alpha value is -2.53. The maximum atomic E-state index is 12.8. The van der Waals surface area contributed by atoms with Gasteiger partial charge in [0.05, 0.1) is 18.4 Å². The molecule has 10 heteroatoms. The van der Waals surface area contributed by atoms with Crippen LogP contribution in [0.25, 0.3) is 0 Å². The van der Waals surface area contributed by atoms with Crippen LogP contribution in [-0.4, -0.2) is 84.7 Å². The molecule has 4 rings (SSSR count). The number of anilines is 1. The number of benzene rings is 1. The second-order valence-corrected chi connectivity index (χ2v) is 10.9. The lowest BCUT2D eigenvalue weighted by atomic mass is 10.00. The molecule has 0 spiro atoms. The highest BCUT2D eigenvalue weighted by molar-refractivity contribution is 7.88. The molecule has 1 unspecified atom stereocenters. The largest absolute Gasteiger partial charge is 0.390 e. The van der Waals surface area contributed by atoms with E-state index < -0.39 is 16.1 Å². The number of hydrogen-bond donors (Lipinski definition) is 3. The molecule has 2 aromatic rings. The molecule has 2 aliphatic rings. The first-order chi connectivity index (χ1) is 15.7. The number of aliphatic hydroxyl groups excluding tert-OH is 1. The average Bonchev–Trinajstić information content (AvgIpc) is 2.74. The molecule has 3 heterocycles. The van der Waals surface area contributed by atoms with Crippen molar-refractivity contribution in [3.8, 4) is 0 Å². The van der Waals surface area contributed by atoms with Gasteiger partial charge in [0.15, 0.2) is 0 Å². The van der Waals surface area contributed by atoms with Crippen LogP contribution in [0.5, 0.6) is 0 Å². The average molecular weight is 474 g/mol. The third kappa shape index (κ3) is 5.89. The molecule has 1 aromatic carbocycles. The highest BCUT2D eigenvalue weighted by Crippen LogP contribution is 2.20. The minimum Gasteiger partial charge on any atom is -0.390 e. The lowest BCUT2D eigenvalue weighted by Crippen LogP contribution is -2.56. The lowest BCUT2D eigenvalue weighted by molar-refractivity contribution is 0.0841. The first-order valence-electron chi connectivity index (χ1n) is 11.1. The molecule has 0 bridgehead atoms. The minimum atomic E-state index is -3.18. The Kier molecular flexibility index (Phi) is 6.99. The van der Waals surface area contributed by atoms with Gasteiger partial charge >= 0.3 is 0 Å². The summed E-state index contributed by atoms with van der Waals surface area (Å²) in [6.45, 7) is 4.91. The van der Waals surface area contributed by atoms with Gasteiger partial charge in [-0.1, -0.05) is 24.3 Å². The number of fused-ring (bicyclic) bond motifs is 1. The van der Waals surface area contributed by atoms with Crippen molar-refractivity contribution in [2.24, 2.45) is 0 Å². The maximum Gasteiger partial charge on any atom is 0.251 e. The summed E-state index contributed by atoms with van der Waals surface area (Å²) in [6, 6.07) is 9.99. The number of nitrogens with zero attached hydrogens (tertiary/aromatic N) is 3. The predicted octanol–water partition coefficient (Wildman–Crippen LogP) is 0.595. The predicted molar refractivity (Wildman–Crippen MR) is 127 cm³/mol. The summed E-state index contributed by atoms with van der Waals surface area (Å²) in [5.41, 5.74) is 3.86. The number of aryl methyl sites for hydroxylation is 1. The first-order valence-corrected chi connectivity index (χ1v) is 13.0. The highest BCUT2D eigenvalue weighted by Gasteiger charge is 2.33. The molecule has 9 nitrogen and oxygen atoms in total. The van der Waals surface area contributed by atoms with Crippen LogP contribution >= 0.6 is 0 Å². The summed E-state index contributed by atoms with van der Waals surface area (Å²) in [5, 5.41) is 16.5. The topological polar surface area (TPSA) is 115 Å². The van der Waals surface area contributed by atoms with E-state index in [4.69, 9.17) is 0 Å². The Morgan fingerprint density at radius 2 is 2.00 bits per heavy atom. The molecule has 1 saturated heterocycles. The van der Waals surface area contributed by atoms with Crippen molar-refractivity contribution in [3.05, 3.63) is 58.8 Å².